The van der Waals surface area contributed by atoms with Crippen LogP contribution in [0.5, 0.6) is 0 Å². The fraction of sp³-hybridized carbons (Fsp3) is 0.579. The zero-order valence-corrected chi connectivity index (χ0v) is 14.9. The first-order valence-corrected chi connectivity index (χ1v) is 9.11. The van der Waals surface area contributed by atoms with Gasteiger partial charge in [-0.15, -0.1) is 0 Å². The van der Waals surface area contributed by atoms with Crippen LogP contribution in [-0.2, 0) is 9.53 Å². The summed E-state index contributed by atoms with van der Waals surface area (Å²) in [5, 5.41) is 2.89. The van der Waals surface area contributed by atoms with Gasteiger partial charge in [-0.1, -0.05) is 0 Å². The Morgan fingerprint density at radius 1 is 1.12 bits per heavy atom. The lowest BCUT2D eigenvalue weighted by Gasteiger charge is -2.32. The van der Waals surface area contributed by atoms with Gasteiger partial charge in [0, 0.05) is 44.0 Å². The van der Waals surface area contributed by atoms with Gasteiger partial charge < -0.3 is 19.9 Å². The Bertz CT molecular complexity index is 588. The topological polar surface area (TPSA) is 61.9 Å². The highest BCUT2D eigenvalue weighted by molar-refractivity contribution is 5.96. The molecule has 136 valence electrons. The zero-order chi connectivity index (χ0) is 17.6. The third-order valence-electron chi connectivity index (χ3n) is 4.89. The molecule has 1 aromatic carbocycles. The molecule has 1 aromatic rings. The van der Waals surface area contributed by atoms with Crippen molar-refractivity contribution in [3.05, 3.63) is 29.8 Å². The summed E-state index contributed by atoms with van der Waals surface area (Å²) in [6.45, 7) is 4.08. The number of carbonyl (C=O) groups excluding carboxylic acids is 2. The number of anilines is 1. The lowest BCUT2D eigenvalue weighted by atomic mass is 10.1. The molecule has 0 spiro atoms. The highest BCUT2D eigenvalue weighted by Gasteiger charge is 2.21. The summed E-state index contributed by atoms with van der Waals surface area (Å²) in [4.78, 5) is 28.7. The van der Waals surface area contributed by atoms with Gasteiger partial charge in [0.15, 0.2) is 0 Å². The van der Waals surface area contributed by atoms with E-state index in [4.69, 9.17) is 4.74 Å². The second kappa shape index (κ2) is 8.45. The van der Waals surface area contributed by atoms with E-state index in [9.17, 15) is 9.59 Å². The molecule has 1 unspecified atom stereocenters. The van der Waals surface area contributed by atoms with Crippen LogP contribution in [0.15, 0.2) is 24.3 Å². The molecular weight excluding hydrogens is 318 g/mol. The molecule has 6 heteroatoms. The number of rotatable bonds is 4. The molecule has 6 nitrogen and oxygen atoms in total. The quantitative estimate of drug-likeness (QED) is 0.906. The molecule has 3 rings (SSSR count). The van der Waals surface area contributed by atoms with Crippen LogP contribution in [-0.4, -0.2) is 67.6 Å². The van der Waals surface area contributed by atoms with Crippen molar-refractivity contribution in [3.8, 4) is 0 Å². The standard InChI is InChI=1S/C19H27N3O3/c1-21-9-11-22(12-10-21)19(24)15-5-7-16(8-6-15)20-18(23)14-17-4-2-3-13-25-17/h5-8,17H,2-4,9-14H2,1H3,(H,20,23). The number of benzene rings is 1. The van der Waals surface area contributed by atoms with E-state index in [1.54, 1.807) is 24.3 Å². The van der Waals surface area contributed by atoms with Crippen LogP contribution in [0.3, 0.4) is 0 Å². The van der Waals surface area contributed by atoms with E-state index in [-0.39, 0.29) is 17.9 Å². The summed E-state index contributed by atoms with van der Waals surface area (Å²) in [6.07, 6.45) is 3.59. The van der Waals surface area contributed by atoms with Crippen molar-refractivity contribution in [2.24, 2.45) is 0 Å². The first-order valence-electron chi connectivity index (χ1n) is 9.11. The zero-order valence-electron chi connectivity index (χ0n) is 14.9. The van der Waals surface area contributed by atoms with E-state index in [2.05, 4.69) is 17.3 Å². The van der Waals surface area contributed by atoms with Crippen molar-refractivity contribution in [2.45, 2.75) is 31.8 Å². The van der Waals surface area contributed by atoms with Crippen molar-refractivity contribution in [1.29, 1.82) is 0 Å². The minimum Gasteiger partial charge on any atom is -0.378 e. The summed E-state index contributed by atoms with van der Waals surface area (Å²) in [5.74, 6) is 0.0200. The number of nitrogens with zero attached hydrogens (tertiary/aromatic N) is 2. The number of likely N-dealkylation sites (N-methyl/N-ethyl adjacent to an activating group) is 1. The van der Waals surface area contributed by atoms with Crippen LogP contribution in [0.1, 0.15) is 36.0 Å². The molecule has 25 heavy (non-hydrogen) atoms. The molecule has 2 heterocycles. The molecule has 2 aliphatic rings. The Kier molecular flexibility index (Phi) is 6.04. The molecular formula is C19H27N3O3. The molecule has 0 saturated carbocycles. The molecule has 2 amide bonds. The average molecular weight is 345 g/mol. The fourth-order valence-corrected chi connectivity index (χ4v) is 3.28. The van der Waals surface area contributed by atoms with Crippen molar-refractivity contribution < 1.29 is 14.3 Å². The molecule has 0 bridgehead atoms. The number of ether oxygens (including phenoxy) is 1. The van der Waals surface area contributed by atoms with Crippen LogP contribution in [0.25, 0.3) is 0 Å². The highest BCUT2D eigenvalue weighted by Crippen LogP contribution is 2.17. The van der Waals surface area contributed by atoms with Crippen LogP contribution in [0.2, 0.25) is 0 Å². The van der Waals surface area contributed by atoms with Gasteiger partial charge in [0.25, 0.3) is 5.91 Å². The fourth-order valence-electron chi connectivity index (χ4n) is 3.28. The van der Waals surface area contributed by atoms with E-state index < -0.39 is 0 Å². The van der Waals surface area contributed by atoms with Gasteiger partial charge in [0.05, 0.1) is 12.5 Å². The number of hydrogen-bond acceptors (Lipinski definition) is 4. The molecule has 0 aliphatic carbocycles. The second-order valence-electron chi connectivity index (χ2n) is 6.91. The Morgan fingerprint density at radius 3 is 2.48 bits per heavy atom. The Labute approximate surface area is 149 Å². The summed E-state index contributed by atoms with van der Waals surface area (Å²) >= 11 is 0. The van der Waals surface area contributed by atoms with Gasteiger partial charge in [0.1, 0.15) is 0 Å². The van der Waals surface area contributed by atoms with Crippen molar-refractivity contribution in [3.63, 3.8) is 0 Å². The maximum Gasteiger partial charge on any atom is 0.253 e. The van der Waals surface area contributed by atoms with Gasteiger partial charge >= 0.3 is 0 Å². The summed E-state index contributed by atoms with van der Waals surface area (Å²) in [6, 6.07) is 7.16. The summed E-state index contributed by atoms with van der Waals surface area (Å²) in [7, 11) is 2.07. The largest absolute Gasteiger partial charge is 0.378 e. The van der Waals surface area contributed by atoms with Crippen molar-refractivity contribution in [2.75, 3.05) is 45.2 Å². The van der Waals surface area contributed by atoms with Gasteiger partial charge in [-0.3, -0.25) is 9.59 Å². The number of piperazine rings is 1. The third-order valence-corrected chi connectivity index (χ3v) is 4.89. The van der Waals surface area contributed by atoms with Crippen LogP contribution >= 0.6 is 0 Å². The normalized spacial score (nSPS) is 21.8. The maximum atomic E-state index is 12.5. The Hall–Kier alpha value is -1.92. The maximum absolute atomic E-state index is 12.5. The lowest BCUT2D eigenvalue weighted by Crippen LogP contribution is -2.47. The minimum atomic E-state index is -0.0370. The van der Waals surface area contributed by atoms with E-state index in [1.165, 1.54) is 0 Å². The monoisotopic (exact) mass is 345 g/mol. The number of nitrogens with one attached hydrogen (secondary N) is 1. The number of carbonyl (C=O) groups is 2. The molecule has 0 aromatic heterocycles. The molecule has 2 fully saturated rings. The predicted octanol–water partition coefficient (Wildman–Crippen LogP) is 1.97. The second-order valence-corrected chi connectivity index (χ2v) is 6.91. The molecule has 1 N–H and O–H groups in total. The van der Waals surface area contributed by atoms with Gasteiger partial charge in [0.2, 0.25) is 5.91 Å². The first kappa shape index (κ1) is 17.9. The van der Waals surface area contributed by atoms with E-state index in [0.29, 0.717) is 12.0 Å². The summed E-state index contributed by atoms with van der Waals surface area (Å²) < 4.78 is 5.60. The van der Waals surface area contributed by atoms with E-state index in [1.807, 2.05) is 4.90 Å². The smallest absolute Gasteiger partial charge is 0.253 e. The van der Waals surface area contributed by atoms with Gasteiger partial charge in [-0.05, 0) is 50.6 Å². The SMILES string of the molecule is CN1CCN(C(=O)c2ccc(NC(=O)CC3CCCCO3)cc2)CC1. The molecule has 2 saturated heterocycles. The minimum absolute atomic E-state index is 0.0341. The predicted molar refractivity (Wildman–Crippen MR) is 96.7 cm³/mol. The van der Waals surface area contributed by atoms with Crippen LogP contribution in [0, 0.1) is 0 Å². The van der Waals surface area contributed by atoms with Crippen LogP contribution < -0.4 is 5.32 Å². The molecule has 2 aliphatic heterocycles. The Balaban J connectivity index is 1.51. The van der Waals surface area contributed by atoms with Gasteiger partial charge in [-0.25, -0.2) is 0 Å². The number of amides is 2. The summed E-state index contributed by atoms with van der Waals surface area (Å²) in [5.41, 5.74) is 1.38. The average Bonchev–Trinajstić information content (AvgIpc) is 2.63. The van der Waals surface area contributed by atoms with Crippen molar-refractivity contribution in [1.82, 2.24) is 9.80 Å². The van der Waals surface area contributed by atoms with E-state index >= 15 is 0 Å². The molecule has 0 radical (unpaired) electrons. The van der Waals surface area contributed by atoms with Crippen LogP contribution in [0.4, 0.5) is 5.69 Å². The van der Waals surface area contributed by atoms with Crippen molar-refractivity contribution >= 4 is 17.5 Å². The Morgan fingerprint density at radius 2 is 1.84 bits per heavy atom. The first-order chi connectivity index (χ1) is 12.1. The lowest BCUT2D eigenvalue weighted by molar-refractivity contribution is -0.119. The van der Waals surface area contributed by atoms with Gasteiger partial charge in [-0.2, -0.15) is 0 Å². The molecule has 1 atom stereocenters. The highest BCUT2D eigenvalue weighted by atomic mass is 16.5. The number of hydrogen-bond donors (Lipinski definition) is 1. The van der Waals surface area contributed by atoms with E-state index in [0.717, 1.165) is 57.7 Å². The third kappa shape index (κ3) is 5.03.